The van der Waals surface area contributed by atoms with Crippen molar-refractivity contribution in [2.24, 2.45) is 5.92 Å². The Morgan fingerprint density at radius 2 is 1.94 bits per heavy atom. The normalized spacial score (nSPS) is 15.5. The molecule has 1 saturated carbocycles. The third-order valence-corrected chi connectivity index (χ3v) is 6.73. The van der Waals surface area contributed by atoms with E-state index in [2.05, 4.69) is 5.32 Å². The number of rotatable bonds is 9. The third kappa shape index (κ3) is 5.07. The van der Waals surface area contributed by atoms with E-state index in [-0.39, 0.29) is 36.6 Å². The lowest BCUT2D eigenvalue weighted by molar-refractivity contribution is -0.129. The minimum atomic E-state index is -0.571. The van der Waals surface area contributed by atoms with Crippen LogP contribution in [0.5, 0.6) is 11.5 Å². The van der Waals surface area contributed by atoms with Gasteiger partial charge < -0.3 is 24.6 Å². The minimum absolute atomic E-state index is 0.00400. The number of nitrogens with one attached hydrogen (secondary N) is 1. The van der Waals surface area contributed by atoms with E-state index < -0.39 is 6.04 Å². The van der Waals surface area contributed by atoms with E-state index in [0.717, 1.165) is 18.4 Å². The summed E-state index contributed by atoms with van der Waals surface area (Å²) >= 11 is 6.49. The molecule has 0 aromatic heterocycles. The number of halogens is 1. The Bertz CT molecular complexity index is 1160. The summed E-state index contributed by atoms with van der Waals surface area (Å²) in [6.45, 7) is 2.54. The number of carbonyl (C=O) groups is 3. The van der Waals surface area contributed by atoms with Crippen LogP contribution < -0.4 is 14.8 Å². The van der Waals surface area contributed by atoms with Crippen LogP contribution in [0, 0.1) is 5.92 Å². The molecular weight excluding hydrogens is 470 g/mol. The van der Waals surface area contributed by atoms with E-state index in [9.17, 15) is 14.4 Å². The molecule has 4 rings (SSSR count). The van der Waals surface area contributed by atoms with Crippen molar-refractivity contribution in [2.45, 2.75) is 38.8 Å². The van der Waals surface area contributed by atoms with Crippen molar-refractivity contribution in [3.8, 4) is 11.5 Å². The molecule has 2 aromatic carbocycles. The number of methoxy groups -OCH3 is 1. The van der Waals surface area contributed by atoms with Crippen molar-refractivity contribution < 1.29 is 23.9 Å². The Balaban J connectivity index is 1.73. The fourth-order valence-corrected chi connectivity index (χ4v) is 4.49. The molecule has 1 aliphatic carbocycles. The lowest BCUT2D eigenvalue weighted by Gasteiger charge is -2.29. The van der Waals surface area contributed by atoms with Crippen LogP contribution in [0.25, 0.3) is 0 Å². The Kier molecular flexibility index (Phi) is 7.21. The zero-order valence-corrected chi connectivity index (χ0v) is 21.1. The maximum absolute atomic E-state index is 13.8. The Morgan fingerprint density at radius 1 is 1.20 bits per heavy atom. The number of nitrogens with zero attached hydrogens (tertiary/aromatic N) is 2. The quantitative estimate of drug-likeness (QED) is 0.556. The molecule has 1 fully saturated rings. The summed E-state index contributed by atoms with van der Waals surface area (Å²) in [5, 5.41) is 3.35. The van der Waals surface area contributed by atoms with E-state index in [1.165, 1.54) is 4.90 Å². The molecule has 35 heavy (non-hydrogen) atoms. The molecule has 1 heterocycles. The third-order valence-electron chi connectivity index (χ3n) is 6.38. The standard InChI is InChI=1S/C26H30ClN3O5/c1-5-35-22-12-16(8-11-21(22)34-4)20(13-23(31)29(2)3)30-14-17-18(27)9-10-19(24(17)26(30)33)28-25(32)15-6-7-15/h8-12,15,20H,5-7,13-14H2,1-4H3,(H,28,32). The highest BCUT2D eigenvalue weighted by molar-refractivity contribution is 6.32. The van der Waals surface area contributed by atoms with Gasteiger partial charge in [-0.05, 0) is 49.6 Å². The van der Waals surface area contributed by atoms with Crippen LogP contribution in [0.3, 0.4) is 0 Å². The first kappa shape index (κ1) is 24.9. The molecule has 0 radical (unpaired) electrons. The van der Waals surface area contributed by atoms with Crippen LogP contribution in [-0.2, 0) is 16.1 Å². The van der Waals surface area contributed by atoms with E-state index in [4.69, 9.17) is 21.1 Å². The molecular formula is C26H30ClN3O5. The van der Waals surface area contributed by atoms with E-state index in [1.807, 2.05) is 19.1 Å². The maximum Gasteiger partial charge on any atom is 0.257 e. The Hall–Kier alpha value is -3.26. The molecule has 186 valence electrons. The van der Waals surface area contributed by atoms with Crippen molar-refractivity contribution in [2.75, 3.05) is 33.1 Å². The number of anilines is 1. The predicted octanol–water partition coefficient (Wildman–Crippen LogP) is 4.27. The van der Waals surface area contributed by atoms with E-state index in [1.54, 1.807) is 44.3 Å². The molecule has 3 amide bonds. The smallest absolute Gasteiger partial charge is 0.257 e. The molecule has 1 N–H and O–H groups in total. The molecule has 1 aliphatic heterocycles. The summed E-state index contributed by atoms with van der Waals surface area (Å²) in [6, 6.07) is 8.21. The van der Waals surface area contributed by atoms with Crippen molar-refractivity contribution in [1.82, 2.24) is 9.80 Å². The number of benzene rings is 2. The Morgan fingerprint density at radius 3 is 2.57 bits per heavy atom. The maximum atomic E-state index is 13.8. The highest BCUT2D eigenvalue weighted by Gasteiger charge is 2.39. The number of fused-ring (bicyclic) bond motifs is 1. The van der Waals surface area contributed by atoms with Gasteiger partial charge in [0.2, 0.25) is 11.8 Å². The number of ether oxygens (including phenoxy) is 2. The summed E-state index contributed by atoms with van der Waals surface area (Å²) < 4.78 is 11.1. The fraction of sp³-hybridized carbons (Fsp3) is 0.423. The topological polar surface area (TPSA) is 88.2 Å². The van der Waals surface area contributed by atoms with Gasteiger partial charge in [0.25, 0.3) is 5.91 Å². The second kappa shape index (κ2) is 10.2. The van der Waals surface area contributed by atoms with Crippen molar-refractivity contribution >= 4 is 35.0 Å². The lowest BCUT2D eigenvalue weighted by atomic mass is 10.0. The van der Waals surface area contributed by atoms with Gasteiger partial charge >= 0.3 is 0 Å². The van der Waals surface area contributed by atoms with Gasteiger partial charge in [-0.25, -0.2) is 0 Å². The number of hydrogen-bond acceptors (Lipinski definition) is 5. The zero-order valence-electron chi connectivity index (χ0n) is 20.4. The van der Waals surface area contributed by atoms with Crippen LogP contribution in [0.4, 0.5) is 5.69 Å². The minimum Gasteiger partial charge on any atom is -0.493 e. The van der Waals surface area contributed by atoms with Gasteiger partial charge in [0.05, 0.1) is 37.4 Å². The Labute approximate surface area is 210 Å². The number of hydrogen-bond donors (Lipinski definition) is 1. The second-order valence-corrected chi connectivity index (χ2v) is 9.40. The molecule has 0 bridgehead atoms. The van der Waals surface area contributed by atoms with Crippen LogP contribution in [0.1, 0.15) is 53.7 Å². The molecule has 0 spiro atoms. The highest BCUT2D eigenvalue weighted by Crippen LogP contribution is 2.42. The number of carbonyl (C=O) groups excluding carboxylic acids is 3. The molecule has 1 unspecified atom stereocenters. The lowest BCUT2D eigenvalue weighted by Crippen LogP contribution is -2.34. The van der Waals surface area contributed by atoms with Gasteiger partial charge in [-0.15, -0.1) is 0 Å². The van der Waals surface area contributed by atoms with Crippen LogP contribution in [0.15, 0.2) is 30.3 Å². The largest absolute Gasteiger partial charge is 0.493 e. The molecule has 1 atom stereocenters. The summed E-state index contributed by atoms with van der Waals surface area (Å²) in [5.41, 5.74) is 2.22. The van der Waals surface area contributed by atoms with Gasteiger partial charge in [0, 0.05) is 37.1 Å². The van der Waals surface area contributed by atoms with Crippen LogP contribution >= 0.6 is 11.6 Å². The van der Waals surface area contributed by atoms with Crippen LogP contribution in [-0.4, -0.2) is 55.3 Å². The molecule has 2 aliphatic rings. The second-order valence-electron chi connectivity index (χ2n) is 9.00. The average molecular weight is 500 g/mol. The summed E-state index contributed by atoms with van der Waals surface area (Å²) in [5.74, 6) is 0.610. The van der Waals surface area contributed by atoms with E-state index >= 15 is 0 Å². The summed E-state index contributed by atoms with van der Waals surface area (Å²) in [7, 11) is 4.93. The first-order valence-corrected chi connectivity index (χ1v) is 12.1. The molecule has 8 nitrogen and oxygen atoms in total. The monoisotopic (exact) mass is 499 g/mol. The van der Waals surface area contributed by atoms with Gasteiger partial charge in [-0.1, -0.05) is 17.7 Å². The van der Waals surface area contributed by atoms with Crippen molar-refractivity contribution in [3.63, 3.8) is 0 Å². The molecule has 0 saturated heterocycles. The average Bonchev–Trinajstić information content (AvgIpc) is 3.63. The first-order valence-electron chi connectivity index (χ1n) is 11.7. The van der Waals surface area contributed by atoms with Crippen molar-refractivity contribution in [3.05, 3.63) is 52.0 Å². The summed E-state index contributed by atoms with van der Waals surface area (Å²) in [4.78, 5) is 42.2. The van der Waals surface area contributed by atoms with Crippen molar-refractivity contribution in [1.29, 1.82) is 0 Å². The number of amides is 3. The first-order chi connectivity index (χ1) is 16.7. The van der Waals surface area contributed by atoms with E-state index in [0.29, 0.717) is 39.9 Å². The van der Waals surface area contributed by atoms with Gasteiger partial charge in [0.15, 0.2) is 11.5 Å². The SMILES string of the molecule is CCOc1cc(C(CC(=O)N(C)C)N2Cc3c(Cl)ccc(NC(=O)C4CC4)c3C2=O)ccc1OC. The zero-order chi connectivity index (χ0) is 25.3. The fourth-order valence-electron chi connectivity index (χ4n) is 4.27. The highest BCUT2D eigenvalue weighted by atomic mass is 35.5. The van der Waals surface area contributed by atoms with Crippen LogP contribution in [0.2, 0.25) is 5.02 Å². The summed E-state index contributed by atoms with van der Waals surface area (Å²) in [6.07, 6.45) is 1.79. The predicted molar refractivity (Wildman–Crippen MR) is 133 cm³/mol. The van der Waals surface area contributed by atoms with Gasteiger partial charge in [-0.3, -0.25) is 14.4 Å². The molecule has 9 heteroatoms. The van der Waals surface area contributed by atoms with Gasteiger partial charge in [-0.2, -0.15) is 0 Å². The molecule has 2 aromatic rings. The van der Waals surface area contributed by atoms with Gasteiger partial charge in [0.1, 0.15) is 0 Å².